The molecular formula is C14H12O2. The summed E-state index contributed by atoms with van der Waals surface area (Å²) in [7, 11) is 0. The van der Waals surface area contributed by atoms with Crippen LogP contribution in [0.15, 0.2) is 48.6 Å². The van der Waals surface area contributed by atoms with Crippen molar-refractivity contribution in [3.05, 3.63) is 48.6 Å². The second-order valence-electron chi connectivity index (χ2n) is 4.47. The van der Waals surface area contributed by atoms with Crippen molar-refractivity contribution in [3.63, 3.8) is 0 Å². The van der Waals surface area contributed by atoms with E-state index in [-0.39, 0.29) is 35.2 Å². The predicted molar refractivity (Wildman–Crippen MR) is 60.5 cm³/mol. The molecule has 2 heteroatoms. The van der Waals surface area contributed by atoms with Gasteiger partial charge >= 0.3 is 0 Å². The maximum absolute atomic E-state index is 12.3. The van der Waals surface area contributed by atoms with Gasteiger partial charge in [-0.25, -0.2) is 0 Å². The molecule has 2 nitrogen and oxygen atoms in total. The first-order chi connectivity index (χ1) is 7.77. The highest BCUT2D eigenvalue weighted by molar-refractivity contribution is 6.01. The first-order valence-corrected chi connectivity index (χ1v) is 5.56. The molecule has 3 aliphatic carbocycles. The summed E-state index contributed by atoms with van der Waals surface area (Å²) in [6, 6.07) is 0. The average Bonchev–Trinajstić information content (AvgIpc) is 2.63. The Morgan fingerprint density at radius 1 is 0.750 bits per heavy atom. The molecule has 0 heterocycles. The van der Waals surface area contributed by atoms with Crippen molar-refractivity contribution in [2.45, 2.75) is 0 Å². The van der Waals surface area contributed by atoms with E-state index in [1.165, 1.54) is 0 Å². The minimum Gasteiger partial charge on any atom is -0.298 e. The molecule has 0 spiro atoms. The van der Waals surface area contributed by atoms with Crippen molar-refractivity contribution >= 4 is 11.6 Å². The fourth-order valence-corrected chi connectivity index (χ4v) is 2.65. The predicted octanol–water partition coefficient (Wildman–Crippen LogP) is 1.85. The van der Waals surface area contributed by atoms with Gasteiger partial charge in [0.05, 0.1) is 11.8 Å². The molecule has 4 atom stereocenters. The van der Waals surface area contributed by atoms with Crippen molar-refractivity contribution in [2.24, 2.45) is 23.7 Å². The van der Waals surface area contributed by atoms with Gasteiger partial charge in [-0.1, -0.05) is 42.5 Å². The van der Waals surface area contributed by atoms with Crippen LogP contribution in [-0.4, -0.2) is 11.6 Å². The molecule has 0 aromatic heterocycles. The Labute approximate surface area is 94.0 Å². The van der Waals surface area contributed by atoms with Crippen molar-refractivity contribution in [2.75, 3.05) is 0 Å². The number of fused-ring (bicyclic) bond motifs is 6. The van der Waals surface area contributed by atoms with Gasteiger partial charge in [-0.05, 0) is 6.08 Å². The Kier molecular flexibility index (Phi) is 2.03. The monoisotopic (exact) mass is 212 g/mol. The summed E-state index contributed by atoms with van der Waals surface area (Å²) in [6.07, 6.45) is 15.0. The lowest BCUT2D eigenvalue weighted by atomic mass is 9.78. The van der Waals surface area contributed by atoms with Crippen LogP contribution < -0.4 is 0 Å². The van der Waals surface area contributed by atoms with Crippen LogP contribution in [0.2, 0.25) is 0 Å². The fourth-order valence-electron chi connectivity index (χ4n) is 2.65. The van der Waals surface area contributed by atoms with Crippen molar-refractivity contribution in [1.29, 1.82) is 0 Å². The molecule has 0 saturated carbocycles. The zero-order chi connectivity index (χ0) is 11.1. The maximum Gasteiger partial charge on any atom is 0.163 e. The number of carbonyl (C=O) groups excluding carboxylic acids is 2. The van der Waals surface area contributed by atoms with Crippen LogP contribution >= 0.6 is 0 Å². The number of allylic oxidation sites excluding steroid dienone is 8. The molecule has 0 N–H and O–H groups in total. The highest BCUT2D eigenvalue weighted by Crippen LogP contribution is 2.35. The van der Waals surface area contributed by atoms with Gasteiger partial charge in [0, 0.05) is 11.8 Å². The third kappa shape index (κ3) is 1.26. The molecule has 0 saturated heterocycles. The fraction of sp³-hybridized carbons (Fsp3) is 0.286. The van der Waals surface area contributed by atoms with Crippen LogP contribution in [0.4, 0.5) is 0 Å². The zero-order valence-corrected chi connectivity index (χ0v) is 8.74. The quantitative estimate of drug-likeness (QED) is 0.574. The lowest BCUT2D eigenvalue weighted by molar-refractivity contribution is -0.129. The van der Waals surface area contributed by atoms with E-state index in [2.05, 4.69) is 0 Å². The molecular weight excluding hydrogens is 200 g/mol. The summed E-state index contributed by atoms with van der Waals surface area (Å²) in [5.74, 6) is -0.424. The molecule has 0 aromatic carbocycles. The Morgan fingerprint density at radius 3 is 2.31 bits per heavy atom. The van der Waals surface area contributed by atoms with E-state index in [1.807, 2.05) is 42.5 Å². The van der Waals surface area contributed by atoms with E-state index in [9.17, 15) is 9.59 Å². The standard InChI is InChI=1S/C14H12O2/c15-13-8-6-9-5-7-11(13)12-4-2-1-3-10(9)14(12)16/h1-12H/t9-,10-,11-,12+/m1/s1. The number of Topliss-reactive ketones (excluding diaryl/α,β-unsaturated/α-hetero) is 1. The summed E-state index contributed by atoms with van der Waals surface area (Å²) in [6.45, 7) is 0. The summed E-state index contributed by atoms with van der Waals surface area (Å²) in [5, 5.41) is 0. The molecule has 4 bridgehead atoms. The Balaban J connectivity index is 2.19. The van der Waals surface area contributed by atoms with Gasteiger partial charge in [-0.3, -0.25) is 9.59 Å². The lowest BCUT2D eigenvalue weighted by Crippen LogP contribution is -2.31. The second kappa shape index (κ2) is 3.41. The topological polar surface area (TPSA) is 34.1 Å². The molecule has 80 valence electrons. The van der Waals surface area contributed by atoms with Gasteiger partial charge in [0.15, 0.2) is 5.78 Å². The smallest absolute Gasteiger partial charge is 0.163 e. The summed E-state index contributed by atoms with van der Waals surface area (Å²) in [4.78, 5) is 24.1. The second-order valence-corrected chi connectivity index (χ2v) is 4.47. The van der Waals surface area contributed by atoms with E-state index in [0.29, 0.717) is 0 Å². The first-order valence-electron chi connectivity index (χ1n) is 5.56. The number of hydrogen-bond acceptors (Lipinski definition) is 2. The highest BCUT2D eigenvalue weighted by atomic mass is 16.1. The largest absolute Gasteiger partial charge is 0.298 e. The van der Waals surface area contributed by atoms with Gasteiger partial charge in [-0.15, -0.1) is 0 Å². The Morgan fingerprint density at radius 2 is 1.50 bits per heavy atom. The molecule has 3 aliphatic rings. The minimum atomic E-state index is -0.296. The van der Waals surface area contributed by atoms with Crippen LogP contribution in [-0.2, 0) is 9.59 Å². The number of carbonyl (C=O) groups is 2. The van der Waals surface area contributed by atoms with Crippen LogP contribution in [0.5, 0.6) is 0 Å². The highest BCUT2D eigenvalue weighted by Gasteiger charge is 2.39. The number of hydrogen-bond donors (Lipinski definition) is 0. The van der Waals surface area contributed by atoms with Crippen LogP contribution in [0.3, 0.4) is 0 Å². The van der Waals surface area contributed by atoms with E-state index in [4.69, 9.17) is 0 Å². The molecule has 3 rings (SSSR count). The number of rotatable bonds is 0. The summed E-state index contributed by atoms with van der Waals surface area (Å²) >= 11 is 0. The number of ketones is 2. The van der Waals surface area contributed by atoms with Gasteiger partial charge in [-0.2, -0.15) is 0 Å². The maximum atomic E-state index is 12.3. The molecule has 16 heavy (non-hydrogen) atoms. The molecule has 0 amide bonds. The Hall–Kier alpha value is -1.70. The Bertz CT molecular complexity index is 465. The van der Waals surface area contributed by atoms with Crippen LogP contribution in [0.1, 0.15) is 0 Å². The minimum absolute atomic E-state index is 0.0436. The van der Waals surface area contributed by atoms with Crippen LogP contribution in [0.25, 0.3) is 0 Å². The van der Waals surface area contributed by atoms with Crippen molar-refractivity contribution in [1.82, 2.24) is 0 Å². The van der Waals surface area contributed by atoms with Gasteiger partial charge in [0.1, 0.15) is 5.78 Å². The van der Waals surface area contributed by atoms with E-state index in [1.54, 1.807) is 6.08 Å². The molecule has 0 fully saturated rings. The van der Waals surface area contributed by atoms with E-state index in [0.717, 1.165) is 0 Å². The SMILES string of the molecule is O=C1[C@H]2C=CC=C[C@@H]1[C@H]1C=CC(=O)[C@@H]2C=C1. The van der Waals surface area contributed by atoms with Gasteiger partial charge in [0.2, 0.25) is 0 Å². The first kappa shape index (κ1) is 9.52. The van der Waals surface area contributed by atoms with Crippen molar-refractivity contribution in [3.8, 4) is 0 Å². The molecule has 0 aromatic rings. The molecule has 0 unspecified atom stereocenters. The zero-order valence-electron chi connectivity index (χ0n) is 8.74. The normalized spacial score (nSPS) is 39.8. The van der Waals surface area contributed by atoms with Gasteiger partial charge in [0.25, 0.3) is 0 Å². The lowest BCUT2D eigenvalue weighted by Gasteiger charge is -2.22. The summed E-state index contributed by atoms with van der Waals surface area (Å²) < 4.78 is 0. The van der Waals surface area contributed by atoms with Crippen molar-refractivity contribution < 1.29 is 9.59 Å². The van der Waals surface area contributed by atoms with E-state index >= 15 is 0 Å². The third-order valence-corrected chi connectivity index (χ3v) is 3.56. The van der Waals surface area contributed by atoms with Gasteiger partial charge < -0.3 is 0 Å². The van der Waals surface area contributed by atoms with E-state index < -0.39 is 0 Å². The summed E-state index contributed by atoms with van der Waals surface area (Å²) in [5.41, 5.74) is 0. The molecule has 0 aliphatic heterocycles. The molecule has 0 radical (unpaired) electrons. The van der Waals surface area contributed by atoms with Crippen LogP contribution in [0, 0.1) is 23.7 Å². The average molecular weight is 212 g/mol. The third-order valence-electron chi connectivity index (χ3n) is 3.56.